The molecule has 1 aromatic heterocycles. The molecule has 0 N–H and O–H groups in total. The lowest BCUT2D eigenvalue weighted by Crippen LogP contribution is -2.38. The first-order chi connectivity index (χ1) is 10.4. The molecule has 1 aliphatic rings. The number of hydrogen-bond acceptors (Lipinski definition) is 5. The monoisotopic (exact) mass is 331 g/mol. The molecule has 0 bridgehead atoms. The summed E-state index contributed by atoms with van der Waals surface area (Å²) in [6.07, 6.45) is 3.70. The van der Waals surface area contributed by atoms with Crippen molar-refractivity contribution >= 4 is 10.0 Å². The number of sulfonamides is 1. The molecule has 0 aliphatic carbocycles. The maximum Gasteiger partial charge on any atom is 0.262 e. The van der Waals surface area contributed by atoms with E-state index < -0.39 is 10.0 Å². The fraction of sp³-hybridized carbons (Fsp3) is 0.786. The smallest absolute Gasteiger partial charge is 0.262 e. The van der Waals surface area contributed by atoms with Crippen LogP contribution in [-0.4, -0.2) is 61.8 Å². The highest BCUT2D eigenvalue weighted by Gasteiger charge is 2.41. The molecular weight excluding hydrogens is 306 g/mol. The molecular formula is C14H25N3O4S. The van der Waals surface area contributed by atoms with Crippen LogP contribution in [0.3, 0.4) is 0 Å². The van der Waals surface area contributed by atoms with Gasteiger partial charge in [-0.1, -0.05) is 13.8 Å². The third-order valence-corrected chi connectivity index (χ3v) is 5.58. The van der Waals surface area contributed by atoms with Crippen LogP contribution in [0, 0.1) is 5.92 Å². The van der Waals surface area contributed by atoms with Crippen molar-refractivity contribution in [3.63, 3.8) is 0 Å². The Bertz CT molecular complexity index is 585. The highest BCUT2D eigenvalue weighted by molar-refractivity contribution is 7.89. The van der Waals surface area contributed by atoms with Crippen molar-refractivity contribution in [3.05, 3.63) is 12.5 Å². The third kappa shape index (κ3) is 3.68. The highest BCUT2D eigenvalue weighted by Crippen LogP contribution is 2.27. The maximum absolute atomic E-state index is 12.8. The quantitative estimate of drug-likeness (QED) is 0.744. The van der Waals surface area contributed by atoms with Crippen molar-refractivity contribution in [1.82, 2.24) is 13.9 Å². The Kier molecular flexibility index (Phi) is 5.60. The summed E-state index contributed by atoms with van der Waals surface area (Å²) >= 11 is 0. The predicted molar refractivity (Wildman–Crippen MR) is 82.0 cm³/mol. The van der Waals surface area contributed by atoms with E-state index in [2.05, 4.69) is 18.8 Å². The van der Waals surface area contributed by atoms with Crippen molar-refractivity contribution in [1.29, 1.82) is 0 Å². The van der Waals surface area contributed by atoms with E-state index >= 15 is 0 Å². The fourth-order valence-corrected chi connectivity index (χ4v) is 4.36. The number of hydrogen-bond donors (Lipinski definition) is 0. The summed E-state index contributed by atoms with van der Waals surface area (Å²) in [5.74, 6) is 0.427. The van der Waals surface area contributed by atoms with E-state index in [1.807, 2.05) is 4.57 Å². The molecule has 2 atom stereocenters. The van der Waals surface area contributed by atoms with Gasteiger partial charge in [0.05, 0.1) is 25.1 Å². The minimum Gasteiger partial charge on any atom is -0.383 e. The van der Waals surface area contributed by atoms with Crippen LogP contribution >= 0.6 is 0 Å². The second-order valence-corrected chi connectivity index (χ2v) is 7.92. The summed E-state index contributed by atoms with van der Waals surface area (Å²) < 4.78 is 39.4. The van der Waals surface area contributed by atoms with Gasteiger partial charge in [-0.2, -0.15) is 4.31 Å². The van der Waals surface area contributed by atoms with Gasteiger partial charge in [-0.15, -0.1) is 0 Å². The van der Waals surface area contributed by atoms with E-state index in [1.54, 1.807) is 26.7 Å². The van der Waals surface area contributed by atoms with Crippen molar-refractivity contribution in [2.24, 2.45) is 5.92 Å². The first-order valence-corrected chi connectivity index (χ1v) is 8.87. The van der Waals surface area contributed by atoms with Crippen LogP contribution in [-0.2, 0) is 26.0 Å². The Balaban J connectivity index is 2.22. The molecule has 1 aromatic rings. The lowest BCUT2D eigenvalue weighted by Gasteiger charge is -2.21. The second-order valence-electron chi connectivity index (χ2n) is 6.08. The van der Waals surface area contributed by atoms with Crippen LogP contribution in [0.15, 0.2) is 17.6 Å². The van der Waals surface area contributed by atoms with E-state index in [9.17, 15) is 8.42 Å². The van der Waals surface area contributed by atoms with E-state index in [-0.39, 0.29) is 17.2 Å². The molecule has 0 spiro atoms. The Hall–Kier alpha value is -0.960. The first kappa shape index (κ1) is 17.4. The van der Waals surface area contributed by atoms with Crippen molar-refractivity contribution < 1.29 is 17.9 Å². The topological polar surface area (TPSA) is 73.7 Å². The van der Waals surface area contributed by atoms with Gasteiger partial charge in [-0.25, -0.2) is 13.4 Å². The Labute approximate surface area is 132 Å². The SMILES string of the molecule is COC[C@@H]1C[C@H](OC)CN1S(=O)(=O)c1cn(CC(C)C)cn1. The van der Waals surface area contributed by atoms with Gasteiger partial charge >= 0.3 is 0 Å². The van der Waals surface area contributed by atoms with Gasteiger partial charge in [-0.05, 0) is 12.3 Å². The van der Waals surface area contributed by atoms with Crippen LogP contribution < -0.4 is 0 Å². The maximum atomic E-state index is 12.8. The average Bonchev–Trinajstić information content (AvgIpc) is 3.06. The molecule has 0 amide bonds. The lowest BCUT2D eigenvalue weighted by molar-refractivity contribution is 0.110. The summed E-state index contributed by atoms with van der Waals surface area (Å²) in [6.45, 7) is 5.58. The summed E-state index contributed by atoms with van der Waals surface area (Å²) in [4.78, 5) is 4.08. The Morgan fingerprint density at radius 2 is 2.14 bits per heavy atom. The Morgan fingerprint density at radius 1 is 1.41 bits per heavy atom. The molecule has 0 saturated carbocycles. The van der Waals surface area contributed by atoms with Crippen LogP contribution in [0.1, 0.15) is 20.3 Å². The van der Waals surface area contributed by atoms with Crippen LogP contribution in [0.2, 0.25) is 0 Å². The summed E-state index contributed by atoms with van der Waals surface area (Å²) in [5.41, 5.74) is 0. The molecule has 1 saturated heterocycles. The van der Waals surface area contributed by atoms with Crippen LogP contribution in [0.5, 0.6) is 0 Å². The second kappa shape index (κ2) is 7.08. The molecule has 22 heavy (non-hydrogen) atoms. The third-order valence-electron chi connectivity index (χ3n) is 3.78. The van der Waals surface area contributed by atoms with Gasteiger partial charge in [0.15, 0.2) is 5.03 Å². The van der Waals surface area contributed by atoms with Gasteiger partial charge < -0.3 is 14.0 Å². The zero-order valence-electron chi connectivity index (χ0n) is 13.6. The predicted octanol–water partition coefficient (Wildman–Crippen LogP) is 0.964. The standard InChI is InChI=1S/C14H25N3O4S/c1-11(2)6-16-8-14(15-10-16)22(18,19)17-7-13(21-4)5-12(17)9-20-3/h8,10-13H,5-7,9H2,1-4H3/t12-,13-/m0/s1. The summed E-state index contributed by atoms with van der Waals surface area (Å²) in [7, 11) is -0.456. The van der Waals surface area contributed by atoms with Crippen molar-refractivity contribution in [3.8, 4) is 0 Å². The number of nitrogens with zero attached hydrogens (tertiary/aromatic N) is 3. The fourth-order valence-electron chi connectivity index (χ4n) is 2.77. The lowest BCUT2D eigenvalue weighted by atomic mass is 10.2. The van der Waals surface area contributed by atoms with Gasteiger partial charge in [-0.3, -0.25) is 0 Å². The molecule has 0 unspecified atom stereocenters. The zero-order valence-corrected chi connectivity index (χ0v) is 14.4. The van der Waals surface area contributed by atoms with E-state index in [4.69, 9.17) is 9.47 Å². The van der Waals surface area contributed by atoms with Gasteiger partial charge in [0.1, 0.15) is 0 Å². The molecule has 0 aromatic carbocycles. The molecule has 1 fully saturated rings. The average molecular weight is 331 g/mol. The molecule has 8 heteroatoms. The molecule has 126 valence electrons. The van der Waals surface area contributed by atoms with Gasteiger partial charge in [0.2, 0.25) is 0 Å². The van der Waals surface area contributed by atoms with Crippen LogP contribution in [0.25, 0.3) is 0 Å². The number of methoxy groups -OCH3 is 2. The van der Waals surface area contributed by atoms with Crippen molar-refractivity contribution in [2.45, 2.75) is 44.0 Å². The largest absolute Gasteiger partial charge is 0.383 e. The number of rotatable bonds is 7. The molecule has 7 nitrogen and oxygen atoms in total. The minimum absolute atomic E-state index is 0.0889. The Morgan fingerprint density at radius 3 is 2.73 bits per heavy atom. The molecule has 2 rings (SSSR count). The molecule has 0 radical (unpaired) electrons. The van der Waals surface area contributed by atoms with E-state index in [1.165, 1.54) is 4.31 Å². The minimum atomic E-state index is -3.63. The zero-order chi connectivity index (χ0) is 16.3. The number of aromatic nitrogens is 2. The normalized spacial score (nSPS) is 23.5. The van der Waals surface area contributed by atoms with E-state index in [0.29, 0.717) is 25.5 Å². The van der Waals surface area contributed by atoms with Crippen LogP contribution in [0.4, 0.5) is 0 Å². The van der Waals surface area contributed by atoms with Gasteiger partial charge in [0.25, 0.3) is 10.0 Å². The number of ether oxygens (including phenoxy) is 2. The van der Waals surface area contributed by atoms with Crippen molar-refractivity contribution in [2.75, 3.05) is 27.4 Å². The highest BCUT2D eigenvalue weighted by atomic mass is 32.2. The molecule has 1 aliphatic heterocycles. The van der Waals surface area contributed by atoms with Gasteiger partial charge in [0, 0.05) is 33.5 Å². The molecule has 2 heterocycles. The summed E-state index contributed by atoms with van der Waals surface area (Å²) in [5, 5.41) is 0.0889. The van der Waals surface area contributed by atoms with E-state index in [0.717, 1.165) is 6.54 Å². The number of imidazole rings is 1. The first-order valence-electron chi connectivity index (χ1n) is 7.43. The summed E-state index contributed by atoms with van der Waals surface area (Å²) in [6, 6.07) is -0.213.